The number of hydrogen-bond acceptors (Lipinski definition) is 3. The third-order valence-electron chi connectivity index (χ3n) is 3.72. The molecule has 1 aliphatic heterocycles. The van der Waals surface area contributed by atoms with E-state index >= 15 is 0 Å². The van der Waals surface area contributed by atoms with Gasteiger partial charge in [0.05, 0.1) is 6.10 Å². The van der Waals surface area contributed by atoms with Crippen molar-refractivity contribution in [3.63, 3.8) is 0 Å². The lowest BCUT2D eigenvalue weighted by molar-refractivity contribution is 0.0125. The first-order chi connectivity index (χ1) is 9.31. The number of nitrogens with zero attached hydrogens (tertiary/aromatic N) is 1. The number of hydrogen-bond donors (Lipinski definition) is 1. The highest BCUT2D eigenvalue weighted by Gasteiger charge is 2.19. The molecule has 0 aliphatic carbocycles. The Morgan fingerprint density at radius 1 is 1.26 bits per heavy atom. The lowest BCUT2D eigenvalue weighted by Gasteiger charge is -2.31. The summed E-state index contributed by atoms with van der Waals surface area (Å²) < 4.78 is 5.70. The Morgan fingerprint density at radius 3 is 2.68 bits per heavy atom. The molecule has 0 aromatic heterocycles. The van der Waals surface area contributed by atoms with Crippen LogP contribution < -0.4 is 5.32 Å². The molecular weight excluding hydrogens is 236 g/mol. The molecule has 1 saturated heterocycles. The van der Waals surface area contributed by atoms with Gasteiger partial charge in [-0.3, -0.25) is 4.90 Å². The largest absolute Gasteiger partial charge is 0.378 e. The summed E-state index contributed by atoms with van der Waals surface area (Å²) in [6.45, 7) is 7.24. The summed E-state index contributed by atoms with van der Waals surface area (Å²) in [6, 6.07) is 8.88. The van der Waals surface area contributed by atoms with Crippen molar-refractivity contribution in [2.75, 3.05) is 26.7 Å². The first kappa shape index (κ1) is 14.5. The van der Waals surface area contributed by atoms with Gasteiger partial charge in [-0.05, 0) is 37.9 Å². The number of rotatable bonds is 6. The molecule has 0 spiro atoms. The molecule has 1 fully saturated rings. The lowest BCUT2D eigenvalue weighted by atomic mass is 10.1. The second kappa shape index (κ2) is 7.63. The molecule has 106 valence electrons. The van der Waals surface area contributed by atoms with Gasteiger partial charge in [-0.2, -0.15) is 0 Å². The number of likely N-dealkylation sites (tertiary alicyclic amines) is 1. The molecule has 0 bridgehead atoms. The molecular formula is C16H26N2O. The molecule has 3 heteroatoms. The van der Waals surface area contributed by atoms with Crippen LogP contribution in [0.5, 0.6) is 0 Å². The summed E-state index contributed by atoms with van der Waals surface area (Å²) in [6.07, 6.45) is 2.82. The van der Waals surface area contributed by atoms with Gasteiger partial charge in [0.25, 0.3) is 0 Å². The minimum atomic E-state index is 0.483. The van der Waals surface area contributed by atoms with Gasteiger partial charge in [0.15, 0.2) is 0 Å². The molecule has 0 amide bonds. The van der Waals surface area contributed by atoms with Crippen LogP contribution in [0.4, 0.5) is 0 Å². The number of benzene rings is 1. The zero-order valence-corrected chi connectivity index (χ0v) is 12.2. The van der Waals surface area contributed by atoms with Crippen molar-refractivity contribution < 1.29 is 4.74 Å². The van der Waals surface area contributed by atoms with Crippen LogP contribution in [0.1, 0.15) is 30.9 Å². The van der Waals surface area contributed by atoms with E-state index in [1.807, 2.05) is 7.05 Å². The van der Waals surface area contributed by atoms with E-state index in [0.29, 0.717) is 6.10 Å². The minimum Gasteiger partial charge on any atom is -0.378 e. The minimum absolute atomic E-state index is 0.483. The average Bonchev–Trinajstić information content (AvgIpc) is 2.42. The van der Waals surface area contributed by atoms with E-state index in [1.165, 1.54) is 24.0 Å². The molecule has 0 unspecified atom stereocenters. The Balaban J connectivity index is 1.83. The molecule has 2 rings (SSSR count). The van der Waals surface area contributed by atoms with Gasteiger partial charge in [-0.15, -0.1) is 0 Å². The lowest BCUT2D eigenvalue weighted by Crippen LogP contribution is -2.36. The molecule has 1 aliphatic rings. The Bertz CT molecular complexity index is 373. The van der Waals surface area contributed by atoms with E-state index in [9.17, 15) is 0 Å². The molecule has 1 aromatic rings. The Hall–Kier alpha value is -0.900. The van der Waals surface area contributed by atoms with Crippen LogP contribution in [0.3, 0.4) is 0 Å². The van der Waals surface area contributed by atoms with Gasteiger partial charge in [-0.1, -0.05) is 24.3 Å². The second-order valence-corrected chi connectivity index (χ2v) is 5.28. The first-order valence-corrected chi connectivity index (χ1v) is 7.38. The normalized spacial score (nSPS) is 17.8. The molecule has 19 heavy (non-hydrogen) atoms. The fraction of sp³-hybridized carbons (Fsp3) is 0.625. The smallest absolute Gasteiger partial charge is 0.0599 e. The van der Waals surface area contributed by atoms with E-state index in [-0.39, 0.29) is 0 Å². The third kappa shape index (κ3) is 4.60. The van der Waals surface area contributed by atoms with Crippen LogP contribution in [0.15, 0.2) is 24.3 Å². The summed E-state index contributed by atoms with van der Waals surface area (Å²) in [5.41, 5.74) is 2.78. The van der Waals surface area contributed by atoms with Gasteiger partial charge in [0, 0.05) is 32.8 Å². The standard InChI is InChI=1S/C16H26N2O/c1-3-19-16-7-9-18(10-8-16)13-15-6-4-5-14(11-15)12-17-2/h4-6,11,16-17H,3,7-10,12-13H2,1-2H3. The Kier molecular flexibility index (Phi) is 5.83. The van der Waals surface area contributed by atoms with E-state index in [2.05, 4.69) is 41.4 Å². The van der Waals surface area contributed by atoms with Gasteiger partial charge < -0.3 is 10.1 Å². The molecule has 1 aromatic carbocycles. The maximum atomic E-state index is 5.70. The van der Waals surface area contributed by atoms with Crippen LogP contribution in [-0.2, 0) is 17.8 Å². The molecule has 0 saturated carbocycles. The molecule has 1 heterocycles. The fourth-order valence-corrected chi connectivity index (χ4v) is 2.77. The summed E-state index contributed by atoms with van der Waals surface area (Å²) in [7, 11) is 1.99. The van der Waals surface area contributed by atoms with Crippen molar-refractivity contribution >= 4 is 0 Å². The monoisotopic (exact) mass is 262 g/mol. The van der Waals surface area contributed by atoms with Crippen molar-refractivity contribution in [3.8, 4) is 0 Å². The highest BCUT2D eigenvalue weighted by Crippen LogP contribution is 2.16. The van der Waals surface area contributed by atoms with Gasteiger partial charge in [-0.25, -0.2) is 0 Å². The first-order valence-electron chi connectivity index (χ1n) is 7.38. The molecule has 1 N–H and O–H groups in total. The van der Waals surface area contributed by atoms with Crippen LogP contribution >= 0.6 is 0 Å². The van der Waals surface area contributed by atoms with Crippen molar-refractivity contribution in [1.82, 2.24) is 10.2 Å². The molecule has 3 nitrogen and oxygen atoms in total. The SMILES string of the molecule is CCOC1CCN(Cc2cccc(CNC)c2)CC1. The second-order valence-electron chi connectivity index (χ2n) is 5.28. The Morgan fingerprint density at radius 2 is 2.00 bits per heavy atom. The molecule has 0 radical (unpaired) electrons. The zero-order valence-electron chi connectivity index (χ0n) is 12.2. The van der Waals surface area contributed by atoms with Gasteiger partial charge in [0.2, 0.25) is 0 Å². The summed E-state index contributed by atoms with van der Waals surface area (Å²) in [4.78, 5) is 2.54. The molecule has 0 atom stereocenters. The summed E-state index contributed by atoms with van der Waals surface area (Å²) in [5.74, 6) is 0. The zero-order chi connectivity index (χ0) is 13.5. The maximum Gasteiger partial charge on any atom is 0.0599 e. The van der Waals surface area contributed by atoms with E-state index in [4.69, 9.17) is 4.74 Å². The summed E-state index contributed by atoms with van der Waals surface area (Å²) in [5, 5.41) is 3.20. The van der Waals surface area contributed by atoms with E-state index < -0.39 is 0 Å². The maximum absolute atomic E-state index is 5.70. The van der Waals surface area contributed by atoms with Gasteiger partial charge >= 0.3 is 0 Å². The van der Waals surface area contributed by atoms with Gasteiger partial charge in [0.1, 0.15) is 0 Å². The predicted octanol–water partition coefficient (Wildman–Crippen LogP) is 2.41. The quantitative estimate of drug-likeness (QED) is 0.852. The van der Waals surface area contributed by atoms with Crippen molar-refractivity contribution in [3.05, 3.63) is 35.4 Å². The van der Waals surface area contributed by atoms with Crippen LogP contribution in [0, 0.1) is 0 Å². The summed E-state index contributed by atoms with van der Waals surface area (Å²) >= 11 is 0. The highest BCUT2D eigenvalue weighted by molar-refractivity contribution is 5.23. The highest BCUT2D eigenvalue weighted by atomic mass is 16.5. The predicted molar refractivity (Wildman–Crippen MR) is 79.1 cm³/mol. The van der Waals surface area contributed by atoms with E-state index in [0.717, 1.165) is 32.8 Å². The number of piperidine rings is 1. The topological polar surface area (TPSA) is 24.5 Å². The average molecular weight is 262 g/mol. The van der Waals surface area contributed by atoms with E-state index in [1.54, 1.807) is 0 Å². The number of ether oxygens (including phenoxy) is 1. The number of nitrogens with one attached hydrogen (secondary N) is 1. The third-order valence-corrected chi connectivity index (χ3v) is 3.72. The van der Waals surface area contributed by atoms with Crippen LogP contribution in [-0.4, -0.2) is 37.7 Å². The van der Waals surface area contributed by atoms with Crippen molar-refractivity contribution in [1.29, 1.82) is 0 Å². The van der Waals surface area contributed by atoms with Crippen molar-refractivity contribution in [2.24, 2.45) is 0 Å². The van der Waals surface area contributed by atoms with Crippen molar-refractivity contribution in [2.45, 2.75) is 39.0 Å². The fourth-order valence-electron chi connectivity index (χ4n) is 2.77. The van der Waals surface area contributed by atoms with Crippen LogP contribution in [0.2, 0.25) is 0 Å². The van der Waals surface area contributed by atoms with Crippen LogP contribution in [0.25, 0.3) is 0 Å². The Labute approximate surface area is 116 Å².